The molecule has 1 aliphatic carbocycles. The van der Waals surface area contributed by atoms with Crippen molar-refractivity contribution >= 4 is 0 Å². The van der Waals surface area contributed by atoms with Gasteiger partial charge < -0.3 is 0 Å². The Balaban J connectivity index is 0.00000127. The smallest absolute Gasteiger partial charge is 0.00210 e. The summed E-state index contributed by atoms with van der Waals surface area (Å²) in [6.45, 7) is 8.51. The predicted octanol–water partition coefficient (Wildman–Crippen LogP) is 7.46. The van der Waals surface area contributed by atoms with Crippen LogP contribution in [-0.2, 0) is 0 Å². The molecule has 2 rings (SSSR count). The molecule has 0 saturated heterocycles. The van der Waals surface area contributed by atoms with Crippen LogP contribution in [0.25, 0.3) is 0 Å². The Kier molecular flexibility index (Phi) is 10.1. The lowest BCUT2D eigenvalue weighted by atomic mass is 9.91. The summed E-state index contributed by atoms with van der Waals surface area (Å²) in [4.78, 5) is 0. The normalized spacial score (nSPS) is 18.8. The van der Waals surface area contributed by atoms with Gasteiger partial charge in [0.25, 0.3) is 0 Å². The van der Waals surface area contributed by atoms with E-state index in [-0.39, 0.29) is 0 Å². The minimum absolute atomic E-state index is 0.553. The van der Waals surface area contributed by atoms with Crippen LogP contribution in [-0.4, -0.2) is 0 Å². The second-order valence-electron chi connectivity index (χ2n) is 6.10. The summed E-state index contributed by atoms with van der Waals surface area (Å²) in [5.74, 6) is 1.25. The van der Waals surface area contributed by atoms with E-state index in [1.807, 2.05) is 13.8 Å². The molecule has 0 nitrogen and oxygen atoms in total. The summed E-state index contributed by atoms with van der Waals surface area (Å²) in [6.07, 6.45) is 17.8. The Morgan fingerprint density at radius 3 is 2.61 bits per heavy atom. The molecule has 0 N–H and O–H groups in total. The van der Waals surface area contributed by atoms with E-state index in [9.17, 15) is 0 Å². The Hall–Kier alpha value is -1.56. The second kappa shape index (κ2) is 11.9. The van der Waals surface area contributed by atoms with Crippen molar-refractivity contribution in [3.05, 3.63) is 71.8 Å². The number of rotatable bonds is 6. The van der Waals surface area contributed by atoms with Crippen LogP contribution >= 0.6 is 0 Å². The zero-order valence-corrected chi connectivity index (χ0v) is 15.5. The van der Waals surface area contributed by atoms with Crippen LogP contribution in [0.5, 0.6) is 0 Å². The van der Waals surface area contributed by atoms with Crippen molar-refractivity contribution in [3.8, 4) is 0 Å². The maximum atomic E-state index is 2.47. The van der Waals surface area contributed by atoms with Gasteiger partial charge in [0.15, 0.2) is 0 Å². The molecule has 0 aliphatic heterocycles. The van der Waals surface area contributed by atoms with Gasteiger partial charge in [-0.05, 0) is 43.6 Å². The summed E-state index contributed by atoms with van der Waals surface area (Å²) in [5, 5.41) is 0. The predicted molar refractivity (Wildman–Crippen MR) is 105 cm³/mol. The molecule has 0 heterocycles. The molecule has 0 bridgehead atoms. The summed E-state index contributed by atoms with van der Waals surface area (Å²) < 4.78 is 0. The average Bonchev–Trinajstić information content (AvgIpc) is 2.82. The highest BCUT2D eigenvalue weighted by Crippen LogP contribution is 2.27. The molecule has 0 aromatic heterocycles. The van der Waals surface area contributed by atoms with Gasteiger partial charge >= 0.3 is 0 Å². The highest BCUT2D eigenvalue weighted by molar-refractivity contribution is 5.24. The molecule has 1 aromatic rings. The monoisotopic (exact) mass is 310 g/mol. The topological polar surface area (TPSA) is 0 Å². The van der Waals surface area contributed by atoms with Gasteiger partial charge in [0.2, 0.25) is 0 Å². The zero-order valence-electron chi connectivity index (χ0n) is 15.5. The lowest BCUT2D eigenvalue weighted by Crippen LogP contribution is -1.97. The second-order valence-corrected chi connectivity index (χ2v) is 6.10. The van der Waals surface area contributed by atoms with E-state index in [0.29, 0.717) is 11.8 Å². The third-order valence-electron chi connectivity index (χ3n) is 4.23. The van der Waals surface area contributed by atoms with Gasteiger partial charge in [-0.15, -0.1) is 0 Å². The SMILES string of the molecule is CC.CC/C=C\C(CCC1=CCC(C)C=CC1)c1ccccc1. The summed E-state index contributed by atoms with van der Waals surface area (Å²) in [5.41, 5.74) is 3.06. The van der Waals surface area contributed by atoms with E-state index in [2.05, 4.69) is 74.6 Å². The molecule has 0 radical (unpaired) electrons. The van der Waals surface area contributed by atoms with Gasteiger partial charge in [0.05, 0.1) is 0 Å². The highest BCUT2D eigenvalue weighted by atomic mass is 14.1. The van der Waals surface area contributed by atoms with Crippen LogP contribution in [0.1, 0.15) is 71.3 Å². The van der Waals surface area contributed by atoms with Crippen molar-refractivity contribution in [1.82, 2.24) is 0 Å². The highest BCUT2D eigenvalue weighted by Gasteiger charge is 2.10. The first-order valence-electron chi connectivity index (χ1n) is 9.35. The number of hydrogen-bond acceptors (Lipinski definition) is 0. The molecule has 0 spiro atoms. The molecule has 2 unspecified atom stereocenters. The fourth-order valence-corrected chi connectivity index (χ4v) is 2.89. The van der Waals surface area contributed by atoms with Crippen LogP contribution in [0.2, 0.25) is 0 Å². The van der Waals surface area contributed by atoms with Crippen molar-refractivity contribution < 1.29 is 0 Å². The van der Waals surface area contributed by atoms with Gasteiger partial charge in [0.1, 0.15) is 0 Å². The van der Waals surface area contributed by atoms with Crippen molar-refractivity contribution in [2.45, 2.75) is 65.7 Å². The molecule has 0 saturated carbocycles. The Labute approximate surface area is 144 Å². The van der Waals surface area contributed by atoms with E-state index in [1.54, 1.807) is 5.57 Å². The van der Waals surface area contributed by atoms with Crippen molar-refractivity contribution in [2.75, 3.05) is 0 Å². The largest absolute Gasteiger partial charge is 0.0882 e. The fourth-order valence-electron chi connectivity index (χ4n) is 2.89. The van der Waals surface area contributed by atoms with Gasteiger partial charge in [-0.25, -0.2) is 0 Å². The third-order valence-corrected chi connectivity index (χ3v) is 4.23. The first-order valence-corrected chi connectivity index (χ1v) is 9.35. The quantitative estimate of drug-likeness (QED) is 0.478. The first kappa shape index (κ1) is 19.5. The molecule has 2 atom stereocenters. The number of hydrogen-bond donors (Lipinski definition) is 0. The molecule has 1 aromatic carbocycles. The molecule has 0 amide bonds. The van der Waals surface area contributed by atoms with Crippen LogP contribution < -0.4 is 0 Å². The van der Waals surface area contributed by atoms with Gasteiger partial charge in [0, 0.05) is 5.92 Å². The lowest BCUT2D eigenvalue weighted by molar-refractivity contribution is 0.711. The van der Waals surface area contributed by atoms with E-state index < -0.39 is 0 Å². The van der Waals surface area contributed by atoms with Crippen LogP contribution in [0.3, 0.4) is 0 Å². The Morgan fingerprint density at radius 1 is 1.17 bits per heavy atom. The molecule has 23 heavy (non-hydrogen) atoms. The third kappa shape index (κ3) is 7.50. The van der Waals surface area contributed by atoms with E-state index in [1.165, 1.54) is 24.8 Å². The molecule has 1 aliphatic rings. The summed E-state index contributed by atoms with van der Waals surface area (Å²) >= 11 is 0. The number of benzene rings is 1. The van der Waals surface area contributed by atoms with E-state index >= 15 is 0 Å². The minimum atomic E-state index is 0.553. The van der Waals surface area contributed by atoms with E-state index in [4.69, 9.17) is 0 Å². The zero-order chi connectivity index (χ0) is 16.9. The Bertz CT molecular complexity index is 490. The number of allylic oxidation sites excluding steroid dienone is 6. The lowest BCUT2D eigenvalue weighted by Gasteiger charge is -2.14. The summed E-state index contributed by atoms with van der Waals surface area (Å²) in [7, 11) is 0. The van der Waals surface area contributed by atoms with Crippen LogP contribution in [0.15, 0.2) is 66.3 Å². The first-order chi connectivity index (χ1) is 11.3. The standard InChI is InChI=1S/C21H28.C2H6/c1-3-4-11-21(20-12-6-5-7-13-20)17-16-19-10-8-9-18(2)14-15-19;1-2/h4-9,11-13,15,18,21H,3,10,14,16-17H2,1-2H3;1-2H3/b11-4-;. The molecular formula is C23H34. The minimum Gasteiger partial charge on any atom is -0.0882 e. The molecule has 0 heteroatoms. The van der Waals surface area contributed by atoms with Gasteiger partial charge in [-0.3, -0.25) is 0 Å². The van der Waals surface area contributed by atoms with Crippen LogP contribution in [0.4, 0.5) is 0 Å². The van der Waals surface area contributed by atoms with Crippen molar-refractivity contribution in [2.24, 2.45) is 5.92 Å². The fraction of sp³-hybridized carbons (Fsp3) is 0.478. The van der Waals surface area contributed by atoms with Crippen molar-refractivity contribution in [3.63, 3.8) is 0 Å². The maximum Gasteiger partial charge on any atom is 0.00210 e. The van der Waals surface area contributed by atoms with Gasteiger partial charge in [-0.1, -0.05) is 94.0 Å². The maximum absolute atomic E-state index is 2.47. The van der Waals surface area contributed by atoms with Gasteiger partial charge in [-0.2, -0.15) is 0 Å². The van der Waals surface area contributed by atoms with Crippen LogP contribution in [0, 0.1) is 5.92 Å². The molecule has 0 fully saturated rings. The molecule has 126 valence electrons. The average molecular weight is 311 g/mol. The Morgan fingerprint density at radius 2 is 1.91 bits per heavy atom. The molecular weight excluding hydrogens is 276 g/mol. The summed E-state index contributed by atoms with van der Waals surface area (Å²) in [6, 6.07) is 10.9. The van der Waals surface area contributed by atoms with E-state index in [0.717, 1.165) is 12.8 Å². The van der Waals surface area contributed by atoms with Crippen molar-refractivity contribution in [1.29, 1.82) is 0 Å².